The number of piperazine rings is 1. The second-order valence-corrected chi connectivity index (χ2v) is 6.51. The summed E-state index contributed by atoms with van der Waals surface area (Å²) in [5.74, 6) is 0.108. The van der Waals surface area contributed by atoms with E-state index in [9.17, 15) is 9.59 Å². The van der Waals surface area contributed by atoms with Crippen molar-refractivity contribution in [1.82, 2.24) is 14.8 Å². The van der Waals surface area contributed by atoms with Gasteiger partial charge >= 0.3 is 0 Å². The minimum atomic E-state index is -0.125. The van der Waals surface area contributed by atoms with Gasteiger partial charge in [-0.05, 0) is 6.42 Å². The van der Waals surface area contributed by atoms with Crippen LogP contribution >= 0.6 is 11.3 Å². The van der Waals surface area contributed by atoms with E-state index in [-0.39, 0.29) is 17.7 Å². The Morgan fingerprint density at radius 1 is 1.29 bits per heavy atom. The van der Waals surface area contributed by atoms with Crippen molar-refractivity contribution in [1.29, 1.82) is 0 Å². The molecule has 114 valence electrons. The predicted octanol–water partition coefficient (Wildman–Crippen LogP) is 0.660. The van der Waals surface area contributed by atoms with Crippen LogP contribution in [0.15, 0.2) is 11.6 Å². The number of anilines is 1. The van der Waals surface area contributed by atoms with Gasteiger partial charge in [-0.2, -0.15) is 0 Å². The van der Waals surface area contributed by atoms with E-state index in [1.165, 1.54) is 0 Å². The maximum Gasteiger partial charge on any atom is 0.226 e. The molecule has 0 spiro atoms. The Balaban J connectivity index is 1.54. The molecule has 2 aliphatic heterocycles. The number of aromatic nitrogens is 1. The Labute approximate surface area is 128 Å². The largest absolute Gasteiger partial charge is 0.346 e. The summed E-state index contributed by atoms with van der Waals surface area (Å²) in [6.07, 6.45) is 2.96. The van der Waals surface area contributed by atoms with Crippen LogP contribution in [0.5, 0.6) is 0 Å². The third kappa shape index (κ3) is 3.02. The Hall–Kier alpha value is -1.63. The van der Waals surface area contributed by atoms with Gasteiger partial charge in [-0.3, -0.25) is 9.59 Å². The predicted molar refractivity (Wildman–Crippen MR) is 81.3 cm³/mol. The van der Waals surface area contributed by atoms with Crippen molar-refractivity contribution in [3.05, 3.63) is 11.6 Å². The summed E-state index contributed by atoms with van der Waals surface area (Å²) >= 11 is 1.63. The van der Waals surface area contributed by atoms with Crippen LogP contribution in [-0.2, 0) is 9.59 Å². The molecule has 1 aromatic rings. The van der Waals surface area contributed by atoms with Crippen molar-refractivity contribution in [3.63, 3.8) is 0 Å². The van der Waals surface area contributed by atoms with Crippen LogP contribution in [0.2, 0.25) is 0 Å². The molecule has 6 nitrogen and oxygen atoms in total. The SMILES string of the molecule is CN1CC[C@@H](C(=O)N2CCN(c3nccs3)CC2)CC1=O. The maximum atomic E-state index is 12.5. The Morgan fingerprint density at radius 3 is 2.67 bits per heavy atom. The van der Waals surface area contributed by atoms with Crippen LogP contribution in [0.3, 0.4) is 0 Å². The lowest BCUT2D eigenvalue weighted by atomic mass is 9.95. The zero-order valence-electron chi connectivity index (χ0n) is 12.2. The minimum Gasteiger partial charge on any atom is -0.346 e. The number of thiazole rings is 1. The Kier molecular flexibility index (Phi) is 4.10. The minimum absolute atomic E-state index is 0.0843. The standard InChI is InChI=1S/C14H20N4O2S/c1-16-4-2-11(10-12(16)19)13(20)17-5-7-18(8-6-17)14-15-3-9-21-14/h3,9,11H,2,4-8,10H2,1H3/t11-/m1/s1. The highest BCUT2D eigenvalue weighted by molar-refractivity contribution is 7.13. The monoisotopic (exact) mass is 308 g/mol. The van der Waals surface area contributed by atoms with E-state index >= 15 is 0 Å². The van der Waals surface area contributed by atoms with Gasteiger partial charge in [0.15, 0.2) is 5.13 Å². The summed E-state index contributed by atoms with van der Waals surface area (Å²) in [7, 11) is 1.80. The summed E-state index contributed by atoms with van der Waals surface area (Å²) in [4.78, 5) is 34.4. The van der Waals surface area contributed by atoms with Crippen molar-refractivity contribution in [3.8, 4) is 0 Å². The first kappa shape index (κ1) is 14.3. The fraction of sp³-hybridized carbons (Fsp3) is 0.643. The van der Waals surface area contributed by atoms with E-state index in [2.05, 4.69) is 9.88 Å². The van der Waals surface area contributed by atoms with Crippen LogP contribution in [0.1, 0.15) is 12.8 Å². The number of carbonyl (C=O) groups is 2. The van der Waals surface area contributed by atoms with Crippen LogP contribution in [0.4, 0.5) is 5.13 Å². The summed E-state index contributed by atoms with van der Waals surface area (Å²) in [6, 6.07) is 0. The van der Waals surface area contributed by atoms with E-state index < -0.39 is 0 Å². The third-order valence-corrected chi connectivity index (χ3v) is 5.12. The van der Waals surface area contributed by atoms with Gasteiger partial charge in [-0.25, -0.2) is 4.98 Å². The van der Waals surface area contributed by atoms with Crippen LogP contribution < -0.4 is 4.90 Å². The normalized spacial score (nSPS) is 23.6. The lowest BCUT2D eigenvalue weighted by Crippen LogP contribution is -2.52. The molecule has 3 rings (SSSR count). The highest BCUT2D eigenvalue weighted by Crippen LogP contribution is 2.23. The number of likely N-dealkylation sites (tertiary alicyclic amines) is 1. The highest BCUT2D eigenvalue weighted by Gasteiger charge is 2.33. The second kappa shape index (κ2) is 6.01. The molecule has 0 saturated carbocycles. The summed E-state index contributed by atoms with van der Waals surface area (Å²) in [5, 5.41) is 2.99. The van der Waals surface area contributed by atoms with Crippen molar-refractivity contribution in [2.45, 2.75) is 12.8 Å². The molecule has 3 heterocycles. The zero-order valence-corrected chi connectivity index (χ0v) is 13.0. The Morgan fingerprint density at radius 2 is 2.05 bits per heavy atom. The maximum absolute atomic E-state index is 12.5. The summed E-state index contributed by atoms with van der Waals surface area (Å²) in [6.45, 7) is 3.77. The molecule has 1 atom stereocenters. The first-order valence-electron chi connectivity index (χ1n) is 7.32. The third-order valence-electron chi connectivity index (χ3n) is 4.29. The lowest BCUT2D eigenvalue weighted by molar-refractivity contribution is -0.144. The van der Waals surface area contributed by atoms with Crippen molar-refractivity contribution in [2.75, 3.05) is 44.7 Å². The van der Waals surface area contributed by atoms with Crippen LogP contribution in [0.25, 0.3) is 0 Å². The number of amides is 2. The van der Waals surface area contributed by atoms with Gasteiger partial charge in [0.2, 0.25) is 11.8 Å². The van der Waals surface area contributed by atoms with E-state index in [4.69, 9.17) is 0 Å². The second-order valence-electron chi connectivity index (χ2n) is 5.63. The lowest BCUT2D eigenvalue weighted by Gasteiger charge is -2.37. The van der Waals surface area contributed by atoms with Gasteiger partial charge in [0.1, 0.15) is 0 Å². The highest BCUT2D eigenvalue weighted by atomic mass is 32.1. The molecule has 0 unspecified atom stereocenters. The van der Waals surface area contributed by atoms with Crippen molar-refractivity contribution < 1.29 is 9.59 Å². The summed E-state index contributed by atoms with van der Waals surface area (Å²) < 4.78 is 0. The van der Waals surface area contributed by atoms with Gasteiger partial charge in [-0.15, -0.1) is 11.3 Å². The molecule has 21 heavy (non-hydrogen) atoms. The number of nitrogens with zero attached hydrogens (tertiary/aromatic N) is 4. The smallest absolute Gasteiger partial charge is 0.226 e. The Bertz CT molecular complexity index is 511. The van der Waals surface area contributed by atoms with Crippen LogP contribution in [0, 0.1) is 5.92 Å². The van der Waals surface area contributed by atoms with E-state index in [1.54, 1.807) is 23.3 Å². The van der Waals surface area contributed by atoms with Crippen molar-refractivity contribution in [2.24, 2.45) is 5.92 Å². The number of rotatable bonds is 2. The molecule has 7 heteroatoms. The van der Waals surface area contributed by atoms with Crippen LogP contribution in [-0.4, -0.2) is 66.4 Å². The van der Waals surface area contributed by atoms with Gasteiger partial charge in [0, 0.05) is 63.7 Å². The number of carbonyl (C=O) groups excluding carboxylic acids is 2. The summed E-state index contributed by atoms with van der Waals surface area (Å²) in [5.41, 5.74) is 0. The number of piperidine rings is 1. The first-order chi connectivity index (χ1) is 10.1. The van der Waals surface area contributed by atoms with Gasteiger partial charge in [0.25, 0.3) is 0 Å². The van der Waals surface area contributed by atoms with E-state index in [1.807, 2.05) is 16.5 Å². The molecular weight excluding hydrogens is 288 g/mol. The average Bonchev–Trinajstić information content (AvgIpc) is 3.04. The molecule has 0 N–H and O–H groups in total. The molecule has 2 saturated heterocycles. The molecule has 0 bridgehead atoms. The molecule has 0 aliphatic carbocycles. The van der Waals surface area contributed by atoms with Gasteiger partial charge < -0.3 is 14.7 Å². The fourth-order valence-corrected chi connectivity index (χ4v) is 3.60. The fourth-order valence-electron chi connectivity index (χ4n) is 2.90. The molecule has 0 radical (unpaired) electrons. The van der Waals surface area contributed by atoms with E-state index in [0.717, 1.165) is 37.7 Å². The van der Waals surface area contributed by atoms with Gasteiger partial charge in [0.05, 0.1) is 0 Å². The van der Waals surface area contributed by atoms with Gasteiger partial charge in [-0.1, -0.05) is 0 Å². The molecule has 2 amide bonds. The molecule has 2 fully saturated rings. The molecular formula is C14H20N4O2S. The van der Waals surface area contributed by atoms with Crippen molar-refractivity contribution >= 4 is 28.3 Å². The van der Waals surface area contributed by atoms with E-state index in [0.29, 0.717) is 13.0 Å². The molecule has 2 aliphatic rings. The zero-order chi connectivity index (χ0) is 14.8. The topological polar surface area (TPSA) is 56.8 Å². The quantitative estimate of drug-likeness (QED) is 0.805. The number of hydrogen-bond donors (Lipinski definition) is 0. The molecule has 0 aromatic carbocycles. The first-order valence-corrected chi connectivity index (χ1v) is 8.20. The number of hydrogen-bond acceptors (Lipinski definition) is 5. The molecule has 1 aromatic heterocycles. The average molecular weight is 308 g/mol.